The standard InChI is InChI=1S/C27H28N4O6S2/c1-7-36-26-17(5)29-24(38(26)13-32)21-15(3)28-16(4)22(23(21)19-10-9-11-20(12-19)31(34)35)25-30-18(6)27(37-8-2)39(25)14-33/h9-12,23,28H,7-8H2,1-6H3. The fourth-order valence-electron chi connectivity index (χ4n) is 4.75. The van der Waals surface area contributed by atoms with E-state index < -0.39 is 31.8 Å². The van der Waals surface area contributed by atoms with Gasteiger partial charge in [0.05, 0.1) is 29.5 Å². The monoisotopic (exact) mass is 568 g/mol. The molecule has 1 aromatic carbocycles. The van der Waals surface area contributed by atoms with Crippen molar-refractivity contribution in [2.45, 2.75) is 47.5 Å². The Hall–Kier alpha value is -3.82. The Kier molecular flexibility index (Phi) is 8.32. The lowest BCUT2D eigenvalue weighted by Crippen LogP contribution is -2.30. The normalized spacial score (nSPS) is 22.9. The van der Waals surface area contributed by atoms with Gasteiger partial charge in [-0.1, -0.05) is 12.1 Å². The minimum absolute atomic E-state index is 0.0859. The fraction of sp³-hybridized carbons (Fsp3) is 0.333. The quantitative estimate of drug-likeness (QED) is 0.239. The summed E-state index contributed by atoms with van der Waals surface area (Å²) in [6, 6.07) is 6.32. The summed E-state index contributed by atoms with van der Waals surface area (Å²) in [5.41, 5.74) is 4.37. The predicted molar refractivity (Wildman–Crippen MR) is 154 cm³/mol. The van der Waals surface area contributed by atoms with Crippen LogP contribution in [0.4, 0.5) is 5.69 Å². The molecule has 10 nitrogen and oxygen atoms in total. The highest BCUT2D eigenvalue weighted by Crippen LogP contribution is 2.51. The Labute approximate surface area is 230 Å². The van der Waals surface area contributed by atoms with E-state index in [1.54, 1.807) is 26.0 Å². The van der Waals surface area contributed by atoms with Gasteiger partial charge in [-0.05, 0) is 47.1 Å². The first kappa shape index (κ1) is 28.2. The van der Waals surface area contributed by atoms with E-state index in [1.165, 1.54) is 12.1 Å². The van der Waals surface area contributed by atoms with Crippen LogP contribution in [0.5, 0.6) is 0 Å². The molecule has 2 unspecified atom stereocenters. The lowest BCUT2D eigenvalue weighted by Gasteiger charge is -2.33. The summed E-state index contributed by atoms with van der Waals surface area (Å²) in [6.07, 6.45) is 0. The zero-order valence-corrected chi connectivity index (χ0v) is 24.0. The van der Waals surface area contributed by atoms with Crippen LogP contribution in [0.2, 0.25) is 0 Å². The van der Waals surface area contributed by atoms with Crippen LogP contribution < -0.4 is 5.32 Å². The second kappa shape index (κ2) is 11.5. The summed E-state index contributed by atoms with van der Waals surface area (Å²) in [5, 5.41) is 21.1. The van der Waals surface area contributed by atoms with E-state index in [2.05, 4.69) is 15.8 Å². The summed E-state index contributed by atoms with van der Waals surface area (Å²) in [7, 11) is -2.45. The Morgan fingerprint density at radius 1 is 0.923 bits per heavy atom. The van der Waals surface area contributed by atoms with E-state index in [0.717, 1.165) is 0 Å². The van der Waals surface area contributed by atoms with Crippen LogP contribution in [-0.2, 0) is 19.1 Å². The molecule has 0 aromatic heterocycles. The van der Waals surface area contributed by atoms with Crippen molar-refractivity contribution >= 4 is 47.2 Å². The van der Waals surface area contributed by atoms with Crippen LogP contribution in [-0.4, -0.2) is 38.7 Å². The maximum atomic E-state index is 12.3. The average Bonchev–Trinajstić information content (AvgIpc) is 3.39. The van der Waals surface area contributed by atoms with Crippen LogP contribution in [0, 0.1) is 10.1 Å². The van der Waals surface area contributed by atoms with Crippen molar-refractivity contribution in [2.24, 2.45) is 9.98 Å². The minimum atomic E-state index is -1.22. The first-order valence-corrected chi connectivity index (χ1v) is 14.7. The Balaban J connectivity index is 1.98. The SMILES string of the molecule is CCOC1=C(C)N=C(C2=C(C)NC(C)=C(C3=NC(C)=C(OCC)S3=C=O)C2c2cccc([N+](=O)[O-])c2)S1=C=O. The van der Waals surface area contributed by atoms with Gasteiger partial charge in [0, 0.05) is 61.6 Å². The smallest absolute Gasteiger partial charge is 0.269 e. The van der Waals surface area contributed by atoms with Gasteiger partial charge in [-0.25, -0.2) is 19.6 Å². The largest absolute Gasteiger partial charge is 0.485 e. The molecule has 4 rings (SSSR count). The molecule has 1 N–H and O–H groups in total. The lowest BCUT2D eigenvalue weighted by molar-refractivity contribution is -0.384. The van der Waals surface area contributed by atoms with E-state index in [0.29, 0.717) is 73.0 Å². The number of benzene rings is 1. The first-order valence-electron chi connectivity index (χ1n) is 12.2. The molecular formula is C27H28N4O6S2. The molecule has 1 aromatic rings. The molecule has 0 radical (unpaired) electrons. The number of ether oxygens (including phenoxy) is 2. The maximum Gasteiger partial charge on any atom is 0.269 e. The summed E-state index contributed by atoms with van der Waals surface area (Å²) in [4.78, 5) is 45.4. The van der Waals surface area contributed by atoms with Gasteiger partial charge in [0.25, 0.3) is 5.69 Å². The van der Waals surface area contributed by atoms with Crippen molar-refractivity contribution in [1.29, 1.82) is 0 Å². The van der Waals surface area contributed by atoms with Gasteiger partial charge in [-0.2, -0.15) is 0 Å². The van der Waals surface area contributed by atoms with Crippen molar-refractivity contribution in [3.05, 3.63) is 84.1 Å². The zero-order chi connectivity index (χ0) is 28.4. The Morgan fingerprint density at radius 3 is 1.82 bits per heavy atom. The summed E-state index contributed by atoms with van der Waals surface area (Å²) in [6.45, 7) is 11.6. The van der Waals surface area contributed by atoms with Crippen molar-refractivity contribution in [3.8, 4) is 0 Å². The second-order valence-corrected chi connectivity index (χ2v) is 11.8. The number of nitrogens with one attached hydrogen (secondary N) is 1. The first-order chi connectivity index (χ1) is 18.7. The molecular weight excluding hydrogens is 540 g/mol. The zero-order valence-electron chi connectivity index (χ0n) is 22.4. The molecule has 0 bridgehead atoms. The molecule has 0 fully saturated rings. The molecule has 3 aliphatic rings. The topological polar surface area (TPSA) is 132 Å². The molecule has 0 spiro atoms. The molecule has 12 heteroatoms. The maximum absolute atomic E-state index is 12.3. The van der Waals surface area contributed by atoms with E-state index in [-0.39, 0.29) is 5.69 Å². The average molecular weight is 569 g/mol. The number of aliphatic imine (C=N–C) groups is 2. The Bertz CT molecular complexity index is 1500. The van der Waals surface area contributed by atoms with Crippen molar-refractivity contribution < 1.29 is 24.0 Å². The van der Waals surface area contributed by atoms with Gasteiger partial charge in [-0.15, -0.1) is 0 Å². The Morgan fingerprint density at radius 2 is 1.41 bits per heavy atom. The third-order valence-corrected chi connectivity index (χ3v) is 9.54. The molecule has 2 atom stereocenters. The summed E-state index contributed by atoms with van der Waals surface area (Å²) in [5.74, 6) is -0.641. The van der Waals surface area contributed by atoms with Crippen LogP contribution in [0.1, 0.15) is 53.0 Å². The van der Waals surface area contributed by atoms with Crippen LogP contribution in [0.15, 0.2) is 78.4 Å². The van der Waals surface area contributed by atoms with Gasteiger partial charge in [0.2, 0.25) is 0 Å². The minimum Gasteiger partial charge on any atom is -0.485 e. The number of non-ortho nitro benzene ring substituents is 1. The van der Waals surface area contributed by atoms with Crippen LogP contribution in [0.3, 0.4) is 0 Å². The summed E-state index contributed by atoms with van der Waals surface area (Å²) >= 11 is 0. The highest BCUT2D eigenvalue weighted by atomic mass is 32.2. The number of nitrogens with zero attached hydrogens (tertiary/aromatic N) is 3. The molecule has 0 amide bonds. The van der Waals surface area contributed by atoms with Gasteiger partial charge in [-0.3, -0.25) is 10.1 Å². The van der Waals surface area contributed by atoms with Gasteiger partial charge < -0.3 is 14.8 Å². The lowest BCUT2D eigenvalue weighted by atomic mass is 9.81. The van der Waals surface area contributed by atoms with Crippen LogP contribution in [0.25, 0.3) is 0 Å². The number of carbonyl (C=O) groups excluding carboxylic acids is 2. The van der Waals surface area contributed by atoms with Gasteiger partial charge in [0.1, 0.15) is 10.1 Å². The number of hydrogen-bond acceptors (Lipinski definition) is 9. The van der Waals surface area contributed by atoms with Crippen molar-refractivity contribution in [3.63, 3.8) is 0 Å². The molecule has 3 aliphatic heterocycles. The highest BCUT2D eigenvalue weighted by Gasteiger charge is 2.41. The van der Waals surface area contributed by atoms with Gasteiger partial charge >= 0.3 is 0 Å². The van der Waals surface area contributed by atoms with Crippen molar-refractivity contribution in [2.75, 3.05) is 13.2 Å². The van der Waals surface area contributed by atoms with E-state index >= 15 is 0 Å². The highest BCUT2D eigenvalue weighted by molar-refractivity contribution is 8.31. The molecule has 0 aliphatic carbocycles. The summed E-state index contributed by atoms with van der Waals surface area (Å²) < 4.78 is 11.6. The number of nitro benzene ring substituents is 1. The number of dihydropyridines is 1. The number of hydrogen-bond donors (Lipinski definition) is 1. The molecule has 0 saturated heterocycles. The van der Waals surface area contributed by atoms with Crippen LogP contribution >= 0.6 is 21.0 Å². The third kappa shape index (κ3) is 4.99. The van der Waals surface area contributed by atoms with E-state index in [9.17, 15) is 19.7 Å². The molecule has 204 valence electrons. The third-order valence-electron chi connectivity index (χ3n) is 6.24. The second-order valence-electron chi connectivity index (χ2n) is 8.71. The van der Waals surface area contributed by atoms with Crippen molar-refractivity contribution in [1.82, 2.24) is 5.32 Å². The molecule has 3 heterocycles. The molecule has 39 heavy (non-hydrogen) atoms. The van der Waals surface area contributed by atoms with Gasteiger partial charge in [0.15, 0.2) is 20.6 Å². The molecule has 0 saturated carbocycles. The number of allylic oxidation sites excluding steroid dienone is 4. The van der Waals surface area contributed by atoms with E-state index in [1.807, 2.05) is 27.7 Å². The number of rotatable bonds is 8. The fourth-order valence-corrected chi connectivity index (χ4v) is 8.01. The van der Waals surface area contributed by atoms with E-state index in [4.69, 9.17) is 19.5 Å². The predicted octanol–water partition coefficient (Wildman–Crippen LogP) is 5.78. The number of nitro groups is 1.